The van der Waals surface area contributed by atoms with E-state index in [0.29, 0.717) is 12.1 Å². The van der Waals surface area contributed by atoms with Crippen LogP contribution >= 0.6 is 0 Å². The molecule has 84 valence electrons. The standard InChI is InChI=1S/C12H9N3O2/c13-5-9-2-1-3-10(4-9)6-15-7-11(12(16)17)14-8-15/h1-4,7-8H,6H2,(H,16,17). The van der Waals surface area contributed by atoms with Crippen LogP contribution in [0.2, 0.25) is 0 Å². The van der Waals surface area contributed by atoms with E-state index in [-0.39, 0.29) is 5.69 Å². The highest BCUT2D eigenvalue weighted by molar-refractivity contribution is 5.84. The van der Waals surface area contributed by atoms with Crippen molar-refractivity contribution in [2.75, 3.05) is 0 Å². The number of aromatic carboxylic acids is 1. The third kappa shape index (κ3) is 2.49. The third-order valence-corrected chi connectivity index (χ3v) is 2.27. The number of hydrogen-bond donors (Lipinski definition) is 1. The molecular weight excluding hydrogens is 218 g/mol. The highest BCUT2D eigenvalue weighted by Gasteiger charge is 2.06. The first-order valence-electron chi connectivity index (χ1n) is 4.93. The molecule has 0 fully saturated rings. The van der Waals surface area contributed by atoms with Gasteiger partial charge in [-0.25, -0.2) is 9.78 Å². The van der Waals surface area contributed by atoms with Crippen LogP contribution in [0.1, 0.15) is 21.6 Å². The number of benzene rings is 1. The van der Waals surface area contributed by atoms with Crippen LogP contribution in [0.4, 0.5) is 0 Å². The van der Waals surface area contributed by atoms with Crippen molar-refractivity contribution < 1.29 is 9.90 Å². The molecule has 0 saturated heterocycles. The predicted octanol–water partition coefficient (Wildman–Crippen LogP) is 1.50. The second-order valence-electron chi connectivity index (χ2n) is 3.55. The molecule has 1 heterocycles. The van der Waals surface area contributed by atoms with Gasteiger partial charge in [0.1, 0.15) is 0 Å². The Hall–Kier alpha value is -2.61. The lowest BCUT2D eigenvalue weighted by molar-refractivity contribution is 0.0691. The molecule has 0 amide bonds. The van der Waals surface area contributed by atoms with Crippen LogP contribution in [-0.4, -0.2) is 20.6 Å². The van der Waals surface area contributed by atoms with E-state index in [2.05, 4.69) is 11.1 Å². The molecule has 0 atom stereocenters. The summed E-state index contributed by atoms with van der Waals surface area (Å²) in [6.45, 7) is 0.496. The zero-order valence-electron chi connectivity index (χ0n) is 8.87. The predicted molar refractivity (Wildman–Crippen MR) is 59.4 cm³/mol. The van der Waals surface area contributed by atoms with Crippen LogP contribution in [0.3, 0.4) is 0 Å². The molecule has 0 aliphatic rings. The van der Waals surface area contributed by atoms with Crippen molar-refractivity contribution in [3.05, 3.63) is 53.6 Å². The van der Waals surface area contributed by atoms with Crippen molar-refractivity contribution in [3.63, 3.8) is 0 Å². The van der Waals surface area contributed by atoms with Crippen molar-refractivity contribution in [2.24, 2.45) is 0 Å². The first kappa shape index (κ1) is 10.9. The lowest BCUT2D eigenvalue weighted by Crippen LogP contribution is -1.98. The monoisotopic (exact) mass is 227 g/mol. The fourth-order valence-corrected chi connectivity index (χ4v) is 1.51. The van der Waals surface area contributed by atoms with Crippen molar-refractivity contribution in [1.29, 1.82) is 5.26 Å². The summed E-state index contributed by atoms with van der Waals surface area (Å²) in [6.07, 6.45) is 2.92. The van der Waals surface area contributed by atoms with E-state index < -0.39 is 5.97 Å². The van der Waals surface area contributed by atoms with Gasteiger partial charge in [-0.2, -0.15) is 5.26 Å². The Morgan fingerprint density at radius 1 is 1.53 bits per heavy atom. The Labute approximate surface area is 97.6 Å². The number of carboxylic acids is 1. The quantitative estimate of drug-likeness (QED) is 0.861. The number of rotatable bonds is 3. The van der Waals surface area contributed by atoms with E-state index in [4.69, 9.17) is 10.4 Å². The summed E-state index contributed by atoms with van der Waals surface area (Å²) in [7, 11) is 0. The van der Waals surface area contributed by atoms with Gasteiger partial charge in [-0.3, -0.25) is 0 Å². The number of hydrogen-bond acceptors (Lipinski definition) is 3. The van der Waals surface area contributed by atoms with Gasteiger partial charge < -0.3 is 9.67 Å². The minimum atomic E-state index is -1.05. The van der Waals surface area contributed by atoms with Crippen molar-refractivity contribution in [3.8, 4) is 6.07 Å². The van der Waals surface area contributed by atoms with Gasteiger partial charge in [-0.15, -0.1) is 0 Å². The Morgan fingerprint density at radius 2 is 2.35 bits per heavy atom. The van der Waals surface area contributed by atoms with E-state index >= 15 is 0 Å². The molecule has 0 radical (unpaired) electrons. The van der Waals surface area contributed by atoms with E-state index in [1.807, 2.05) is 6.07 Å². The van der Waals surface area contributed by atoms with E-state index in [1.54, 1.807) is 22.8 Å². The molecule has 2 rings (SSSR count). The van der Waals surface area contributed by atoms with Crippen LogP contribution < -0.4 is 0 Å². The minimum absolute atomic E-state index is 0.0152. The maximum atomic E-state index is 10.6. The van der Waals surface area contributed by atoms with Gasteiger partial charge in [0.05, 0.1) is 18.0 Å². The minimum Gasteiger partial charge on any atom is -0.476 e. The summed E-state index contributed by atoms with van der Waals surface area (Å²) in [4.78, 5) is 14.4. The smallest absolute Gasteiger partial charge is 0.356 e. The summed E-state index contributed by atoms with van der Waals surface area (Å²) in [5.74, 6) is -1.05. The summed E-state index contributed by atoms with van der Waals surface area (Å²) in [5, 5.41) is 17.5. The second kappa shape index (κ2) is 4.49. The largest absolute Gasteiger partial charge is 0.476 e. The summed E-state index contributed by atoms with van der Waals surface area (Å²) < 4.78 is 1.67. The zero-order chi connectivity index (χ0) is 12.3. The van der Waals surface area contributed by atoms with E-state index in [0.717, 1.165) is 5.56 Å². The van der Waals surface area contributed by atoms with Crippen molar-refractivity contribution in [2.45, 2.75) is 6.54 Å². The molecule has 1 N–H and O–H groups in total. The molecular formula is C12H9N3O2. The number of nitriles is 1. The molecule has 0 aliphatic carbocycles. The Morgan fingerprint density at radius 3 is 3.00 bits per heavy atom. The van der Waals surface area contributed by atoms with Crippen molar-refractivity contribution >= 4 is 5.97 Å². The van der Waals surface area contributed by atoms with Crippen LogP contribution in [-0.2, 0) is 6.54 Å². The number of aromatic nitrogens is 2. The molecule has 2 aromatic rings. The maximum absolute atomic E-state index is 10.6. The average Bonchev–Trinajstić information content (AvgIpc) is 2.78. The zero-order valence-corrected chi connectivity index (χ0v) is 8.87. The summed E-state index contributed by atoms with van der Waals surface area (Å²) in [5.41, 5.74) is 1.53. The molecule has 0 bridgehead atoms. The van der Waals surface area contributed by atoms with Crippen LogP contribution in [0, 0.1) is 11.3 Å². The SMILES string of the molecule is N#Cc1cccc(Cn2cnc(C(=O)O)c2)c1. The highest BCUT2D eigenvalue weighted by atomic mass is 16.4. The van der Waals surface area contributed by atoms with Gasteiger partial charge in [-0.1, -0.05) is 12.1 Å². The molecule has 0 unspecified atom stereocenters. The molecule has 17 heavy (non-hydrogen) atoms. The summed E-state index contributed by atoms with van der Waals surface area (Å²) in [6, 6.07) is 9.22. The average molecular weight is 227 g/mol. The number of nitrogens with zero attached hydrogens (tertiary/aromatic N) is 3. The Balaban J connectivity index is 2.19. The molecule has 0 spiro atoms. The Kier molecular flexibility index (Phi) is 2.88. The van der Waals surface area contributed by atoms with E-state index in [1.165, 1.54) is 12.5 Å². The van der Waals surface area contributed by atoms with Gasteiger partial charge in [0, 0.05) is 12.7 Å². The second-order valence-corrected chi connectivity index (χ2v) is 3.55. The topological polar surface area (TPSA) is 78.9 Å². The molecule has 1 aromatic carbocycles. The molecule has 0 aliphatic heterocycles. The number of carbonyl (C=O) groups is 1. The molecule has 0 saturated carbocycles. The number of carboxylic acid groups (broad SMARTS) is 1. The normalized spacial score (nSPS) is 9.82. The highest BCUT2D eigenvalue weighted by Crippen LogP contribution is 2.07. The van der Waals surface area contributed by atoms with Gasteiger partial charge in [0.25, 0.3) is 0 Å². The first-order chi connectivity index (χ1) is 8.19. The van der Waals surface area contributed by atoms with Gasteiger partial charge in [-0.05, 0) is 17.7 Å². The fourth-order valence-electron chi connectivity index (χ4n) is 1.51. The molecule has 5 heteroatoms. The van der Waals surface area contributed by atoms with E-state index in [9.17, 15) is 4.79 Å². The lowest BCUT2D eigenvalue weighted by Gasteiger charge is -2.02. The van der Waals surface area contributed by atoms with Crippen molar-refractivity contribution in [1.82, 2.24) is 9.55 Å². The maximum Gasteiger partial charge on any atom is 0.356 e. The van der Waals surface area contributed by atoms with Crippen LogP contribution in [0.25, 0.3) is 0 Å². The molecule has 5 nitrogen and oxygen atoms in total. The third-order valence-electron chi connectivity index (χ3n) is 2.27. The lowest BCUT2D eigenvalue weighted by atomic mass is 10.1. The first-order valence-corrected chi connectivity index (χ1v) is 4.93. The Bertz CT molecular complexity index is 596. The molecule has 1 aromatic heterocycles. The van der Waals surface area contributed by atoms with Gasteiger partial charge in [0.2, 0.25) is 0 Å². The van der Waals surface area contributed by atoms with Gasteiger partial charge in [0.15, 0.2) is 5.69 Å². The number of imidazole rings is 1. The summed E-state index contributed by atoms with van der Waals surface area (Å²) >= 11 is 0. The van der Waals surface area contributed by atoms with Crippen LogP contribution in [0.5, 0.6) is 0 Å². The van der Waals surface area contributed by atoms with Gasteiger partial charge >= 0.3 is 5.97 Å². The fraction of sp³-hybridized carbons (Fsp3) is 0.0833. The van der Waals surface area contributed by atoms with Crippen LogP contribution in [0.15, 0.2) is 36.8 Å².